The van der Waals surface area contributed by atoms with E-state index in [0.717, 1.165) is 41.9 Å². The van der Waals surface area contributed by atoms with E-state index in [9.17, 15) is 4.79 Å². The largest absolute Gasteiger partial charge is 0.372 e. The van der Waals surface area contributed by atoms with E-state index in [2.05, 4.69) is 51.8 Å². The summed E-state index contributed by atoms with van der Waals surface area (Å²) in [5.41, 5.74) is 3.91. The lowest BCUT2D eigenvalue weighted by molar-refractivity contribution is -0.00546. The van der Waals surface area contributed by atoms with Gasteiger partial charge in [0, 0.05) is 49.5 Å². The Hall–Kier alpha value is -3.64. The Balaban J connectivity index is 1.28. The first-order valence-corrected chi connectivity index (χ1v) is 11.8. The summed E-state index contributed by atoms with van der Waals surface area (Å²) in [7, 11) is 0. The van der Waals surface area contributed by atoms with E-state index in [0.29, 0.717) is 12.1 Å². The lowest BCUT2D eigenvalue weighted by Crippen LogP contribution is -2.45. The van der Waals surface area contributed by atoms with Gasteiger partial charge in [0.2, 0.25) is 0 Å². The van der Waals surface area contributed by atoms with Crippen LogP contribution in [0.3, 0.4) is 0 Å². The van der Waals surface area contributed by atoms with Gasteiger partial charge in [0.15, 0.2) is 0 Å². The maximum Gasteiger partial charge on any atom is 0.253 e. The zero-order valence-electron chi connectivity index (χ0n) is 19.6. The third-order valence-corrected chi connectivity index (χ3v) is 6.23. The fourth-order valence-electron chi connectivity index (χ4n) is 4.69. The zero-order valence-corrected chi connectivity index (χ0v) is 19.6. The molecule has 1 aliphatic rings. The van der Waals surface area contributed by atoms with E-state index >= 15 is 0 Å². The van der Waals surface area contributed by atoms with E-state index in [1.54, 1.807) is 0 Å². The predicted molar refractivity (Wildman–Crippen MR) is 135 cm³/mol. The highest BCUT2D eigenvalue weighted by molar-refractivity contribution is 6.07. The first-order valence-electron chi connectivity index (χ1n) is 11.8. The van der Waals surface area contributed by atoms with Crippen LogP contribution in [0.5, 0.6) is 0 Å². The molecule has 5 rings (SSSR count). The number of hydrogen-bond acceptors (Lipinski definition) is 4. The Morgan fingerprint density at radius 2 is 1.71 bits per heavy atom. The van der Waals surface area contributed by atoms with Gasteiger partial charge in [0.1, 0.15) is 5.82 Å². The summed E-state index contributed by atoms with van der Waals surface area (Å²) in [6.45, 7) is 6.99. The molecule has 2 aromatic carbocycles. The van der Waals surface area contributed by atoms with Crippen LogP contribution < -0.4 is 10.2 Å². The van der Waals surface area contributed by atoms with E-state index in [1.165, 1.54) is 5.56 Å². The molecular formula is C28H30N4O2. The van der Waals surface area contributed by atoms with Crippen LogP contribution >= 0.6 is 0 Å². The van der Waals surface area contributed by atoms with Crippen LogP contribution in [0.15, 0.2) is 79.1 Å². The Kier molecular flexibility index (Phi) is 6.32. The summed E-state index contributed by atoms with van der Waals surface area (Å²) in [5.74, 6) is 0.865. The van der Waals surface area contributed by atoms with Crippen molar-refractivity contribution in [3.05, 3.63) is 95.8 Å². The van der Waals surface area contributed by atoms with Gasteiger partial charge in [-0.25, -0.2) is 4.98 Å². The first kappa shape index (κ1) is 22.2. The van der Waals surface area contributed by atoms with Gasteiger partial charge >= 0.3 is 0 Å². The monoisotopic (exact) mass is 454 g/mol. The van der Waals surface area contributed by atoms with Crippen molar-refractivity contribution in [2.24, 2.45) is 0 Å². The van der Waals surface area contributed by atoms with Crippen LogP contribution in [-0.4, -0.2) is 40.8 Å². The molecule has 0 radical (unpaired) electrons. The molecule has 34 heavy (non-hydrogen) atoms. The summed E-state index contributed by atoms with van der Waals surface area (Å²) in [6, 6.07) is 22.4. The van der Waals surface area contributed by atoms with Gasteiger partial charge in [-0.1, -0.05) is 54.6 Å². The molecule has 0 bridgehead atoms. The van der Waals surface area contributed by atoms with Crippen LogP contribution in [0, 0.1) is 0 Å². The van der Waals surface area contributed by atoms with Crippen molar-refractivity contribution in [2.45, 2.75) is 39.1 Å². The molecule has 6 nitrogen and oxygen atoms in total. The Morgan fingerprint density at radius 1 is 0.971 bits per heavy atom. The Bertz CT molecular complexity index is 1260. The number of benzene rings is 2. The number of pyridine rings is 1. The lowest BCUT2D eigenvalue weighted by atomic mass is 10.1. The molecule has 0 saturated carbocycles. The van der Waals surface area contributed by atoms with E-state index < -0.39 is 0 Å². The fraction of sp³-hybridized carbons (Fsp3) is 0.286. The average Bonchev–Trinajstić information content (AvgIpc) is 3.21. The van der Waals surface area contributed by atoms with Crippen LogP contribution in [0.25, 0.3) is 10.9 Å². The maximum absolute atomic E-state index is 13.1. The number of carbonyl (C=O) groups excluding carboxylic acids is 1. The first-order chi connectivity index (χ1) is 16.6. The topological polar surface area (TPSA) is 59.4 Å². The summed E-state index contributed by atoms with van der Waals surface area (Å²) < 4.78 is 7.95. The zero-order chi connectivity index (χ0) is 23.5. The number of para-hydroxylation sites is 1. The number of amides is 1. The Morgan fingerprint density at radius 3 is 2.44 bits per heavy atom. The van der Waals surface area contributed by atoms with E-state index in [-0.39, 0.29) is 18.1 Å². The third-order valence-electron chi connectivity index (χ3n) is 6.23. The number of carbonyl (C=O) groups is 1. The van der Waals surface area contributed by atoms with Crippen molar-refractivity contribution in [3.8, 4) is 0 Å². The molecule has 174 valence electrons. The highest BCUT2D eigenvalue weighted by atomic mass is 16.5. The van der Waals surface area contributed by atoms with Crippen molar-refractivity contribution >= 4 is 22.6 Å². The highest BCUT2D eigenvalue weighted by Crippen LogP contribution is 2.23. The van der Waals surface area contributed by atoms with Gasteiger partial charge in [-0.3, -0.25) is 4.79 Å². The molecule has 1 N–H and O–H groups in total. The minimum absolute atomic E-state index is 0.0806. The van der Waals surface area contributed by atoms with Gasteiger partial charge in [0.25, 0.3) is 5.91 Å². The minimum Gasteiger partial charge on any atom is -0.372 e. The van der Waals surface area contributed by atoms with Gasteiger partial charge in [-0.05, 0) is 37.1 Å². The third kappa shape index (κ3) is 4.82. The van der Waals surface area contributed by atoms with Gasteiger partial charge in [0.05, 0.1) is 17.8 Å². The molecule has 1 fully saturated rings. The van der Waals surface area contributed by atoms with Crippen LogP contribution in [0.1, 0.15) is 35.3 Å². The quantitative estimate of drug-likeness (QED) is 0.462. The second-order valence-corrected chi connectivity index (χ2v) is 9.04. The fourth-order valence-corrected chi connectivity index (χ4v) is 4.69. The second-order valence-electron chi connectivity index (χ2n) is 9.04. The highest BCUT2D eigenvalue weighted by Gasteiger charge is 2.23. The normalized spacial score (nSPS) is 18.2. The molecule has 0 aliphatic carbocycles. The predicted octanol–water partition coefficient (Wildman–Crippen LogP) is 4.63. The van der Waals surface area contributed by atoms with Crippen molar-refractivity contribution in [1.29, 1.82) is 0 Å². The molecule has 3 heterocycles. The van der Waals surface area contributed by atoms with Crippen molar-refractivity contribution in [2.75, 3.05) is 18.0 Å². The lowest BCUT2D eigenvalue weighted by Gasteiger charge is -2.36. The molecule has 0 spiro atoms. The molecule has 6 heteroatoms. The van der Waals surface area contributed by atoms with Crippen molar-refractivity contribution in [1.82, 2.24) is 14.9 Å². The molecule has 2 aromatic heterocycles. The number of morpholine rings is 1. The minimum atomic E-state index is -0.0806. The number of hydrogen-bond donors (Lipinski definition) is 1. The molecule has 2 unspecified atom stereocenters. The second kappa shape index (κ2) is 9.69. The van der Waals surface area contributed by atoms with Crippen molar-refractivity contribution in [3.63, 3.8) is 0 Å². The van der Waals surface area contributed by atoms with Gasteiger partial charge < -0.3 is 19.5 Å². The van der Waals surface area contributed by atoms with E-state index in [1.807, 2.05) is 60.9 Å². The number of ether oxygens (including phenoxy) is 1. The van der Waals surface area contributed by atoms with Crippen molar-refractivity contribution < 1.29 is 9.53 Å². The number of nitrogens with zero attached hydrogens (tertiary/aromatic N) is 3. The number of fused-ring (bicyclic) bond motifs is 1. The maximum atomic E-state index is 13.1. The average molecular weight is 455 g/mol. The number of aromatic nitrogens is 2. The molecule has 4 aromatic rings. The van der Waals surface area contributed by atoms with Gasteiger partial charge in [-0.2, -0.15) is 0 Å². The van der Waals surface area contributed by atoms with Crippen LogP contribution in [0.4, 0.5) is 5.82 Å². The van der Waals surface area contributed by atoms with Crippen LogP contribution in [0.2, 0.25) is 0 Å². The Labute approximate surface area is 200 Å². The standard InChI is InChI=1S/C28H30N4O2/c1-20-16-32(17-21(2)34-20)27-13-12-23(14-29-27)15-30-28(33)25-19-31(18-22-8-4-3-5-9-22)26-11-7-6-10-24(25)26/h3-14,19-21H,15-18H2,1-2H3,(H,30,33). The van der Waals surface area contributed by atoms with Crippen LogP contribution in [-0.2, 0) is 17.8 Å². The summed E-state index contributed by atoms with van der Waals surface area (Å²) in [4.78, 5) is 20.0. The summed E-state index contributed by atoms with van der Waals surface area (Å²) in [5, 5.41) is 4.03. The summed E-state index contributed by atoms with van der Waals surface area (Å²) in [6.07, 6.45) is 4.18. The van der Waals surface area contributed by atoms with Gasteiger partial charge in [-0.15, -0.1) is 0 Å². The van der Waals surface area contributed by atoms with E-state index in [4.69, 9.17) is 4.74 Å². The number of nitrogens with one attached hydrogen (secondary N) is 1. The smallest absolute Gasteiger partial charge is 0.253 e. The molecule has 1 aliphatic heterocycles. The number of anilines is 1. The SMILES string of the molecule is CC1CN(c2ccc(CNC(=O)c3cn(Cc4ccccc4)c4ccccc34)cn2)CC(C)O1. The summed E-state index contributed by atoms with van der Waals surface area (Å²) >= 11 is 0. The molecule has 1 saturated heterocycles. The molecular weight excluding hydrogens is 424 g/mol. The molecule has 1 amide bonds. The molecule has 2 atom stereocenters. The number of rotatable bonds is 6.